The average molecular weight is 216 g/mol. The molecule has 1 aliphatic rings. The molecule has 1 aliphatic heterocycles. The lowest BCUT2D eigenvalue weighted by Crippen LogP contribution is -2.40. The summed E-state index contributed by atoms with van der Waals surface area (Å²) >= 11 is 1.33. The summed E-state index contributed by atoms with van der Waals surface area (Å²) in [5.41, 5.74) is 1.89. The third-order valence-corrected chi connectivity index (χ3v) is 2.58. The normalized spacial score (nSPS) is 26.4. The fraction of sp³-hybridized carbons (Fsp3) is 0.500. The first-order valence-corrected chi connectivity index (χ1v) is 5.12. The Morgan fingerprint density at radius 2 is 2.57 bits per heavy atom. The van der Waals surface area contributed by atoms with Crippen molar-refractivity contribution in [2.24, 2.45) is 0 Å². The van der Waals surface area contributed by atoms with E-state index in [9.17, 15) is 9.18 Å². The number of thiazole rings is 1. The maximum atomic E-state index is 13.0. The zero-order chi connectivity index (χ0) is 9.97. The Kier molecular flexibility index (Phi) is 2.74. The molecule has 1 N–H and O–H groups in total. The van der Waals surface area contributed by atoms with Crippen LogP contribution in [-0.4, -0.2) is 36.3 Å². The first kappa shape index (κ1) is 9.54. The minimum Gasteiger partial charge on any atom is -0.376 e. The fourth-order valence-corrected chi connectivity index (χ4v) is 1.76. The van der Waals surface area contributed by atoms with Gasteiger partial charge in [-0.3, -0.25) is 4.79 Å². The zero-order valence-corrected chi connectivity index (χ0v) is 8.09. The van der Waals surface area contributed by atoms with Crippen LogP contribution in [0.3, 0.4) is 0 Å². The van der Waals surface area contributed by atoms with Crippen LogP contribution in [0.5, 0.6) is 0 Å². The predicted molar refractivity (Wildman–Crippen MR) is 49.1 cm³/mol. The maximum absolute atomic E-state index is 13.0. The maximum Gasteiger partial charge on any atom is 0.271 e. The number of rotatable bonds is 2. The first-order chi connectivity index (χ1) is 6.77. The number of ether oxygens (including phenoxy) is 1. The van der Waals surface area contributed by atoms with E-state index >= 15 is 0 Å². The number of hydrogen-bond donors (Lipinski definition) is 1. The van der Waals surface area contributed by atoms with Crippen molar-refractivity contribution in [3.63, 3.8) is 0 Å². The van der Waals surface area contributed by atoms with E-state index < -0.39 is 12.2 Å². The monoisotopic (exact) mass is 216 g/mol. The van der Waals surface area contributed by atoms with Gasteiger partial charge in [0.2, 0.25) is 0 Å². The Bertz CT molecular complexity index is 317. The molecule has 6 heteroatoms. The minimum absolute atomic E-state index is 0.0576. The lowest BCUT2D eigenvalue weighted by atomic mass is 10.2. The number of nitrogens with one attached hydrogen (secondary N) is 1. The quantitative estimate of drug-likeness (QED) is 0.788. The Labute approximate surface area is 84.1 Å². The number of halogens is 1. The molecular formula is C8H9FN2O2S. The van der Waals surface area contributed by atoms with Crippen LogP contribution >= 0.6 is 11.3 Å². The summed E-state index contributed by atoms with van der Waals surface area (Å²) in [6.07, 6.45) is -1.11. The molecule has 1 fully saturated rings. The van der Waals surface area contributed by atoms with Crippen LogP contribution in [-0.2, 0) is 4.74 Å². The molecule has 0 radical (unpaired) electrons. The molecule has 0 saturated carbocycles. The topological polar surface area (TPSA) is 51.2 Å². The summed E-state index contributed by atoms with van der Waals surface area (Å²) in [5.74, 6) is -0.343. The lowest BCUT2D eigenvalue weighted by Gasteiger charge is -2.11. The van der Waals surface area contributed by atoms with Crippen LogP contribution in [0, 0.1) is 0 Å². The summed E-state index contributed by atoms with van der Waals surface area (Å²) in [4.78, 5) is 15.2. The van der Waals surface area contributed by atoms with Crippen molar-refractivity contribution in [2.75, 3.05) is 13.2 Å². The SMILES string of the molecule is O=C(N[C@@H]1COC[C@H]1F)c1cscn1. The molecule has 1 aromatic heterocycles. The summed E-state index contributed by atoms with van der Waals surface area (Å²) < 4.78 is 17.9. The minimum atomic E-state index is -1.11. The fourth-order valence-electron chi connectivity index (χ4n) is 1.23. The van der Waals surface area contributed by atoms with Crippen LogP contribution in [0.2, 0.25) is 0 Å². The predicted octanol–water partition coefficient (Wildman–Crippen LogP) is 0.610. The van der Waals surface area contributed by atoms with Crippen molar-refractivity contribution in [1.82, 2.24) is 10.3 Å². The van der Waals surface area contributed by atoms with Crippen LogP contribution in [0.15, 0.2) is 10.9 Å². The molecular weight excluding hydrogens is 207 g/mol. The molecule has 0 unspecified atom stereocenters. The first-order valence-electron chi connectivity index (χ1n) is 4.18. The second kappa shape index (κ2) is 4.02. The molecule has 2 rings (SSSR count). The summed E-state index contributed by atoms with van der Waals surface area (Å²) in [7, 11) is 0. The Morgan fingerprint density at radius 3 is 3.14 bits per heavy atom. The molecule has 4 nitrogen and oxygen atoms in total. The number of amides is 1. The van der Waals surface area contributed by atoms with Gasteiger partial charge in [-0.1, -0.05) is 0 Å². The largest absolute Gasteiger partial charge is 0.376 e. The van der Waals surface area contributed by atoms with Crippen LogP contribution in [0.25, 0.3) is 0 Å². The highest BCUT2D eigenvalue weighted by Gasteiger charge is 2.29. The number of alkyl halides is 1. The van der Waals surface area contributed by atoms with Gasteiger partial charge in [-0.25, -0.2) is 9.37 Å². The van der Waals surface area contributed by atoms with Crippen molar-refractivity contribution in [1.29, 1.82) is 0 Å². The standard InChI is InChI=1S/C8H9FN2O2S/c9-5-1-13-2-6(5)11-8(12)7-3-14-4-10-7/h3-6H,1-2H2,(H,11,12)/t5-,6-/m1/s1. The van der Waals surface area contributed by atoms with E-state index in [1.54, 1.807) is 10.9 Å². The molecule has 2 heterocycles. The van der Waals surface area contributed by atoms with Gasteiger partial charge in [-0.15, -0.1) is 11.3 Å². The summed E-state index contributed by atoms with van der Waals surface area (Å²) in [6, 6.07) is -0.538. The van der Waals surface area contributed by atoms with E-state index in [1.807, 2.05) is 0 Å². The third-order valence-electron chi connectivity index (χ3n) is 1.99. The second-order valence-corrected chi connectivity index (χ2v) is 3.73. The van der Waals surface area contributed by atoms with Gasteiger partial charge < -0.3 is 10.1 Å². The summed E-state index contributed by atoms with van der Waals surface area (Å²) in [5, 5.41) is 4.16. The van der Waals surface area contributed by atoms with Gasteiger partial charge in [0.05, 0.1) is 24.8 Å². The van der Waals surface area contributed by atoms with E-state index in [2.05, 4.69) is 10.3 Å². The highest BCUT2D eigenvalue weighted by molar-refractivity contribution is 7.07. The number of hydrogen-bond acceptors (Lipinski definition) is 4. The van der Waals surface area contributed by atoms with Crippen molar-refractivity contribution in [3.05, 3.63) is 16.6 Å². The molecule has 1 aromatic rings. The zero-order valence-electron chi connectivity index (χ0n) is 7.27. The van der Waals surface area contributed by atoms with E-state index in [4.69, 9.17) is 4.74 Å². The molecule has 1 saturated heterocycles. The molecule has 0 aliphatic carbocycles. The van der Waals surface area contributed by atoms with Gasteiger partial charge in [0.1, 0.15) is 11.9 Å². The van der Waals surface area contributed by atoms with E-state index in [-0.39, 0.29) is 19.1 Å². The number of aromatic nitrogens is 1. The summed E-state index contributed by atoms with van der Waals surface area (Å²) in [6.45, 7) is 0.291. The van der Waals surface area contributed by atoms with E-state index in [0.29, 0.717) is 5.69 Å². The van der Waals surface area contributed by atoms with Gasteiger partial charge in [0, 0.05) is 5.38 Å². The van der Waals surface area contributed by atoms with Crippen LogP contribution in [0.1, 0.15) is 10.5 Å². The average Bonchev–Trinajstić information content (AvgIpc) is 2.77. The van der Waals surface area contributed by atoms with Crippen molar-refractivity contribution < 1.29 is 13.9 Å². The van der Waals surface area contributed by atoms with Gasteiger partial charge in [0.25, 0.3) is 5.91 Å². The van der Waals surface area contributed by atoms with E-state index in [1.165, 1.54) is 11.3 Å². The number of carbonyl (C=O) groups excluding carboxylic acids is 1. The van der Waals surface area contributed by atoms with Gasteiger partial charge in [-0.2, -0.15) is 0 Å². The Morgan fingerprint density at radius 1 is 1.71 bits per heavy atom. The van der Waals surface area contributed by atoms with Crippen LogP contribution in [0.4, 0.5) is 4.39 Å². The van der Waals surface area contributed by atoms with Gasteiger partial charge >= 0.3 is 0 Å². The smallest absolute Gasteiger partial charge is 0.271 e. The Balaban J connectivity index is 1.95. The van der Waals surface area contributed by atoms with Gasteiger partial charge in [-0.05, 0) is 0 Å². The lowest BCUT2D eigenvalue weighted by molar-refractivity contribution is 0.0916. The number of nitrogens with zero attached hydrogens (tertiary/aromatic N) is 1. The van der Waals surface area contributed by atoms with Gasteiger partial charge in [0.15, 0.2) is 0 Å². The highest BCUT2D eigenvalue weighted by Crippen LogP contribution is 2.10. The third kappa shape index (κ3) is 1.91. The van der Waals surface area contributed by atoms with Crippen molar-refractivity contribution >= 4 is 17.2 Å². The molecule has 76 valence electrons. The molecule has 14 heavy (non-hydrogen) atoms. The van der Waals surface area contributed by atoms with Crippen molar-refractivity contribution in [3.8, 4) is 0 Å². The molecule has 0 bridgehead atoms. The number of carbonyl (C=O) groups is 1. The van der Waals surface area contributed by atoms with Crippen molar-refractivity contribution in [2.45, 2.75) is 12.2 Å². The second-order valence-electron chi connectivity index (χ2n) is 3.01. The molecule has 2 atom stereocenters. The molecule has 0 spiro atoms. The van der Waals surface area contributed by atoms with Crippen LogP contribution < -0.4 is 5.32 Å². The molecule has 0 aromatic carbocycles. The van der Waals surface area contributed by atoms with E-state index in [0.717, 1.165) is 0 Å². The molecule has 1 amide bonds. The highest BCUT2D eigenvalue weighted by atomic mass is 32.1. The Hall–Kier alpha value is -1.01.